The Morgan fingerprint density at radius 3 is 2.52 bits per heavy atom. The molecule has 0 radical (unpaired) electrons. The minimum Gasteiger partial charge on any atom is -0.393 e. The summed E-state index contributed by atoms with van der Waals surface area (Å²) in [6.45, 7) is 8.17. The summed E-state index contributed by atoms with van der Waals surface area (Å²) in [4.78, 5) is 2.69. The average Bonchev–Trinajstić information content (AvgIpc) is 2.92. The van der Waals surface area contributed by atoms with Gasteiger partial charge in [0.2, 0.25) is 0 Å². The predicted octanol–water partition coefficient (Wildman–Crippen LogP) is 2.64. The predicted molar refractivity (Wildman–Crippen MR) is 87.3 cm³/mol. The van der Waals surface area contributed by atoms with Crippen molar-refractivity contribution in [1.29, 1.82) is 0 Å². The monoisotopic (exact) mass is 294 g/mol. The van der Waals surface area contributed by atoms with Crippen LogP contribution in [0, 0.1) is 17.3 Å². The summed E-state index contributed by atoms with van der Waals surface area (Å²) in [5.74, 6) is 1.36. The normalized spacial score (nSPS) is 36.6. The molecular formula is C18H34N2O. The summed E-state index contributed by atoms with van der Waals surface area (Å²) >= 11 is 0. The van der Waals surface area contributed by atoms with Crippen LogP contribution in [0.1, 0.15) is 58.3 Å². The summed E-state index contributed by atoms with van der Waals surface area (Å²) in [7, 11) is 0. The molecule has 1 saturated heterocycles. The lowest BCUT2D eigenvalue weighted by Crippen LogP contribution is -2.44. The fourth-order valence-corrected chi connectivity index (χ4v) is 5.19. The zero-order chi connectivity index (χ0) is 14.7. The van der Waals surface area contributed by atoms with Crippen molar-refractivity contribution in [2.45, 2.75) is 64.4 Å². The summed E-state index contributed by atoms with van der Waals surface area (Å²) < 4.78 is 0. The number of hydrogen-bond acceptors (Lipinski definition) is 3. The topological polar surface area (TPSA) is 35.5 Å². The average molecular weight is 294 g/mol. The number of fused-ring (bicyclic) bond motifs is 1. The van der Waals surface area contributed by atoms with E-state index in [0.29, 0.717) is 11.3 Å². The summed E-state index contributed by atoms with van der Waals surface area (Å²) in [6, 6.07) is 0. The highest BCUT2D eigenvalue weighted by Gasteiger charge is 2.44. The third-order valence-electron chi connectivity index (χ3n) is 6.37. The van der Waals surface area contributed by atoms with E-state index >= 15 is 0 Å². The molecule has 2 saturated carbocycles. The molecule has 0 aromatic heterocycles. The van der Waals surface area contributed by atoms with Gasteiger partial charge in [-0.2, -0.15) is 0 Å². The van der Waals surface area contributed by atoms with E-state index in [4.69, 9.17) is 0 Å². The molecule has 3 rings (SSSR count). The van der Waals surface area contributed by atoms with Crippen LogP contribution in [0.25, 0.3) is 0 Å². The van der Waals surface area contributed by atoms with Crippen molar-refractivity contribution in [3.8, 4) is 0 Å². The van der Waals surface area contributed by atoms with Crippen LogP contribution in [0.3, 0.4) is 0 Å². The zero-order valence-electron chi connectivity index (χ0n) is 13.8. The largest absolute Gasteiger partial charge is 0.393 e. The van der Waals surface area contributed by atoms with E-state index in [1.165, 1.54) is 64.6 Å². The number of likely N-dealkylation sites (tertiary alicyclic amines) is 1. The van der Waals surface area contributed by atoms with Gasteiger partial charge in [0.1, 0.15) is 0 Å². The molecule has 0 aromatic carbocycles. The van der Waals surface area contributed by atoms with Crippen molar-refractivity contribution in [3.05, 3.63) is 0 Å². The van der Waals surface area contributed by atoms with Gasteiger partial charge >= 0.3 is 0 Å². The Labute approximate surface area is 130 Å². The molecule has 3 heteroatoms. The second-order valence-corrected chi connectivity index (χ2v) is 7.96. The first-order valence-corrected chi connectivity index (χ1v) is 9.33. The number of rotatable bonds is 5. The summed E-state index contributed by atoms with van der Waals surface area (Å²) in [6.07, 6.45) is 10.8. The molecule has 3 unspecified atom stereocenters. The standard InChI is InChI=1S/C18H34N2O/c1-2-19-13-18(9-5-3-4-6-10-18)14-20-11-15-7-8-17(21)16(15)12-20/h15-17,19,21H,2-14H2,1H3. The molecule has 0 spiro atoms. The van der Waals surface area contributed by atoms with E-state index in [9.17, 15) is 5.11 Å². The van der Waals surface area contributed by atoms with Gasteiger partial charge in [0, 0.05) is 32.1 Å². The van der Waals surface area contributed by atoms with Crippen molar-refractivity contribution in [2.75, 3.05) is 32.7 Å². The highest BCUT2D eigenvalue weighted by Crippen LogP contribution is 2.41. The van der Waals surface area contributed by atoms with Crippen LogP contribution in [0.5, 0.6) is 0 Å². The molecule has 2 N–H and O–H groups in total. The molecule has 3 fully saturated rings. The van der Waals surface area contributed by atoms with E-state index in [1.807, 2.05) is 0 Å². The van der Waals surface area contributed by atoms with Crippen LogP contribution >= 0.6 is 0 Å². The molecule has 0 bridgehead atoms. The SMILES string of the molecule is CCNCC1(CN2CC3CCC(O)C3C2)CCCCCC1. The lowest BCUT2D eigenvalue weighted by atomic mass is 9.79. The lowest BCUT2D eigenvalue weighted by molar-refractivity contribution is 0.106. The number of aliphatic hydroxyl groups is 1. The van der Waals surface area contributed by atoms with Crippen LogP contribution in [-0.4, -0.2) is 48.8 Å². The minimum absolute atomic E-state index is 0.0150. The molecule has 0 amide bonds. The molecule has 3 atom stereocenters. The number of nitrogens with zero attached hydrogens (tertiary/aromatic N) is 1. The van der Waals surface area contributed by atoms with Gasteiger partial charge < -0.3 is 15.3 Å². The fraction of sp³-hybridized carbons (Fsp3) is 1.00. The van der Waals surface area contributed by atoms with Gasteiger partial charge in [0.25, 0.3) is 0 Å². The Bertz CT molecular complexity index is 325. The maximum atomic E-state index is 10.1. The number of hydrogen-bond donors (Lipinski definition) is 2. The maximum absolute atomic E-state index is 10.1. The number of nitrogens with one attached hydrogen (secondary N) is 1. The van der Waals surface area contributed by atoms with Gasteiger partial charge in [-0.3, -0.25) is 0 Å². The molecule has 2 aliphatic carbocycles. The van der Waals surface area contributed by atoms with Crippen molar-refractivity contribution in [3.63, 3.8) is 0 Å². The van der Waals surface area contributed by atoms with E-state index in [1.54, 1.807) is 0 Å². The second kappa shape index (κ2) is 6.97. The van der Waals surface area contributed by atoms with Crippen molar-refractivity contribution in [2.24, 2.45) is 17.3 Å². The van der Waals surface area contributed by atoms with Gasteiger partial charge in [0.15, 0.2) is 0 Å². The molecule has 0 aromatic rings. The lowest BCUT2D eigenvalue weighted by Gasteiger charge is -2.37. The van der Waals surface area contributed by atoms with E-state index in [2.05, 4.69) is 17.1 Å². The smallest absolute Gasteiger partial charge is 0.0583 e. The van der Waals surface area contributed by atoms with E-state index in [0.717, 1.165) is 25.4 Å². The molecule has 1 heterocycles. The summed E-state index contributed by atoms with van der Waals surface area (Å²) in [5, 5.41) is 13.8. The first-order valence-electron chi connectivity index (χ1n) is 9.33. The highest BCUT2D eigenvalue weighted by atomic mass is 16.3. The first kappa shape index (κ1) is 15.8. The fourth-order valence-electron chi connectivity index (χ4n) is 5.19. The zero-order valence-corrected chi connectivity index (χ0v) is 13.8. The van der Waals surface area contributed by atoms with Crippen LogP contribution in [0.2, 0.25) is 0 Å². The van der Waals surface area contributed by atoms with Crippen LogP contribution < -0.4 is 5.32 Å². The van der Waals surface area contributed by atoms with Gasteiger partial charge in [-0.25, -0.2) is 0 Å². The van der Waals surface area contributed by atoms with E-state index in [-0.39, 0.29) is 6.10 Å². The first-order chi connectivity index (χ1) is 10.2. The molecule has 3 aliphatic rings. The van der Waals surface area contributed by atoms with Crippen molar-refractivity contribution >= 4 is 0 Å². The quantitative estimate of drug-likeness (QED) is 0.765. The third kappa shape index (κ3) is 3.62. The molecule has 21 heavy (non-hydrogen) atoms. The van der Waals surface area contributed by atoms with Gasteiger partial charge in [-0.15, -0.1) is 0 Å². The van der Waals surface area contributed by atoms with Gasteiger partial charge in [0.05, 0.1) is 6.10 Å². The Balaban J connectivity index is 1.61. The Morgan fingerprint density at radius 1 is 1.10 bits per heavy atom. The minimum atomic E-state index is -0.0150. The molecular weight excluding hydrogens is 260 g/mol. The highest BCUT2D eigenvalue weighted by molar-refractivity contribution is 4.96. The van der Waals surface area contributed by atoms with Crippen molar-refractivity contribution < 1.29 is 5.11 Å². The molecule has 122 valence electrons. The van der Waals surface area contributed by atoms with Crippen LogP contribution in [0.4, 0.5) is 0 Å². The third-order valence-corrected chi connectivity index (χ3v) is 6.37. The number of aliphatic hydroxyl groups excluding tert-OH is 1. The van der Waals surface area contributed by atoms with E-state index < -0.39 is 0 Å². The van der Waals surface area contributed by atoms with Crippen molar-refractivity contribution in [1.82, 2.24) is 10.2 Å². The maximum Gasteiger partial charge on any atom is 0.0583 e. The van der Waals surface area contributed by atoms with Gasteiger partial charge in [-0.05, 0) is 43.6 Å². The summed E-state index contributed by atoms with van der Waals surface area (Å²) in [5.41, 5.74) is 0.496. The van der Waals surface area contributed by atoms with Crippen LogP contribution in [0.15, 0.2) is 0 Å². The molecule has 1 aliphatic heterocycles. The Morgan fingerprint density at radius 2 is 1.86 bits per heavy atom. The van der Waals surface area contributed by atoms with Gasteiger partial charge in [-0.1, -0.05) is 32.6 Å². The second-order valence-electron chi connectivity index (χ2n) is 7.96. The Kier molecular flexibility index (Phi) is 5.23. The van der Waals surface area contributed by atoms with Crippen LogP contribution in [-0.2, 0) is 0 Å². The molecule has 3 nitrogen and oxygen atoms in total. The Hall–Kier alpha value is -0.120.